The monoisotopic (exact) mass is 331 g/mol. The van der Waals surface area contributed by atoms with Crippen LogP contribution in [0.25, 0.3) is 0 Å². The lowest BCUT2D eigenvalue weighted by atomic mass is 10.1. The van der Waals surface area contributed by atoms with E-state index in [2.05, 4.69) is 10.7 Å². The van der Waals surface area contributed by atoms with Crippen LogP contribution in [-0.4, -0.2) is 18.6 Å². The minimum absolute atomic E-state index is 0.0110. The van der Waals surface area contributed by atoms with E-state index in [1.54, 1.807) is 11.3 Å². The second-order valence-corrected chi connectivity index (χ2v) is 6.48. The number of rotatable bonds is 6. The Kier molecular flexibility index (Phi) is 4.86. The van der Waals surface area contributed by atoms with Gasteiger partial charge in [0.1, 0.15) is 17.6 Å². The molecule has 0 radical (unpaired) electrons. The van der Waals surface area contributed by atoms with Gasteiger partial charge in [0.25, 0.3) is 0 Å². The molecule has 1 amide bonds. The van der Waals surface area contributed by atoms with Gasteiger partial charge in [0.05, 0.1) is 12.3 Å². The molecule has 122 valence electrons. The summed E-state index contributed by atoms with van der Waals surface area (Å²) in [6.07, 6.45) is 2.25. The summed E-state index contributed by atoms with van der Waals surface area (Å²) < 4.78 is 11.5. The van der Waals surface area contributed by atoms with Crippen molar-refractivity contribution in [3.05, 3.63) is 40.1 Å². The van der Waals surface area contributed by atoms with Gasteiger partial charge in [-0.15, -0.1) is 0 Å². The van der Waals surface area contributed by atoms with Crippen LogP contribution in [0.15, 0.2) is 29.0 Å². The molecule has 3 rings (SSSR count). The van der Waals surface area contributed by atoms with Gasteiger partial charge >= 0.3 is 0 Å². The van der Waals surface area contributed by atoms with Crippen LogP contribution in [-0.2, 0) is 17.6 Å². The van der Waals surface area contributed by atoms with E-state index >= 15 is 0 Å². The molecule has 23 heavy (non-hydrogen) atoms. The summed E-state index contributed by atoms with van der Waals surface area (Å²) in [4.78, 5) is 12.2. The third-order valence-electron chi connectivity index (χ3n) is 3.79. The molecule has 2 heterocycles. The number of fused-ring (bicyclic) bond motifs is 1. The van der Waals surface area contributed by atoms with Crippen molar-refractivity contribution in [3.63, 3.8) is 0 Å². The molecule has 0 saturated carbocycles. The summed E-state index contributed by atoms with van der Waals surface area (Å²) in [6, 6.07) is 5.91. The fourth-order valence-corrected chi connectivity index (χ4v) is 3.42. The van der Waals surface area contributed by atoms with Gasteiger partial charge in [0.15, 0.2) is 0 Å². The minimum Gasteiger partial charge on any atom is -0.492 e. The third kappa shape index (κ3) is 3.85. The fourth-order valence-electron chi connectivity index (χ4n) is 2.72. The summed E-state index contributed by atoms with van der Waals surface area (Å²) in [5.41, 5.74) is 3.02. The predicted octanol–water partition coefficient (Wildman–Crippen LogP) is 4.04. The van der Waals surface area contributed by atoms with Crippen LogP contribution < -0.4 is 14.8 Å². The Morgan fingerprint density at radius 3 is 3.09 bits per heavy atom. The number of hydrogen-bond donors (Lipinski definition) is 1. The molecule has 1 N–H and O–H groups in total. The van der Waals surface area contributed by atoms with Crippen LogP contribution in [0.5, 0.6) is 11.5 Å². The molecule has 1 atom stereocenters. The van der Waals surface area contributed by atoms with Crippen molar-refractivity contribution in [2.24, 2.45) is 0 Å². The molecule has 1 aliphatic heterocycles. The van der Waals surface area contributed by atoms with Crippen LogP contribution in [0.2, 0.25) is 0 Å². The fraction of sp³-hybridized carbons (Fsp3) is 0.389. The van der Waals surface area contributed by atoms with Crippen molar-refractivity contribution >= 4 is 22.9 Å². The number of anilines is 1. The van der Waals surface area contributed by atoms with E-state index in [-0.39, 0.29) is 12.0 Å². The first-order valence-electron chi connectivity index (χ1n) is 7.93. The van der Waals surface area contributed by atoms with Gasteiger partial charge < -0.3 is 14.8 Å². The number of hydrogen-bond acceptors (Lipinski definition) is 4. The van der Waals surface area contributed by atoms with Crippen LogP contribution in [0, 0.1) is 0 Å². The zero-order valence-corrected chi connectivity index (χ0v) is 14.2. The molecule has 1 aromatic heterocycles. The molecule has 4 nitrogen and oxygen atoms in total. The molecule has 0 fully saturated rings. The number of nitrogens with one attached hydrogen (secondary N) is 1. The molecule has 1 aliphatic rings. The van der Waals surface area contributed by atoms with Crippen LogP contribution in [0.1, 0.15) is 31.4 Å². The first-order valence-corrected chi connectivity index (χ1v) is 8.87. The largest absolute Gasteiger partial charge is 0.492 e. The second kappa shape index (κ2) is 7.04. The summed E-state index contributed by atoms with van der Waals surface area (Å²) in [5.74, 6) is 1.55. The number of aryl methyl sites for hydroxylation is 1. The summed E-state index contributed by atoms with van der Waals surface area (Å²) in [5, 5.41) is 7.06. The van der Waals surface area contributed by atoms with E-state index in [4.69, 9.17) is 9.47 Å². The molecule has 0 saturated heterocycles. The van der Waals surface area contributed by atoms with Gasteiger partial charge in [0.2, 0.25) is 5.91 Å². The van der Waals surface area contributed by atoms with Gasteiger partial charge in [-0.2, -0.15) is 11.3 Å². The lowest BCUT2D eigenvalue weighted by Gasteiger charge is -2.13. The quantitative estimate of drug-likeness (QED) is 0.869. The summed E-state index contributed by atoms with van der Waals surface area (Å²) >= 11 is 1.65. The van der Waals surface area contributed by atoms with Crippen LogP contribution in [0.3, 0.4) is 0 Å². The van der Waals surface area contributed by atoms with E-state index in [0.717, 1.165) is 24.2 Å². The highest BCUT2D eigenvalue weighted by Crippen LogP contribution is 2.38. The molecule has 0 bridgehead atoms. The third-order valence-corrected chi connectivity index (χ3v) is 4.53. The molecule has 1 aromatic carbocycles. The first kappa shape index (κ1) is 15.9. The Morgan fingerprint density at radius 1 is 1.48 bits per heavy atom. The number of carbonyl (C=O) groups is 1. The van der Waals surface area contributed by atoms with Crippen molar-refractivity contribution in [2.45, 2.75) is 39.2 Å². The smallest absolute Gasteiger partial charge is 0.224 e. The highest BCUT2D eigenvalue weighted by atomic mass is 32.1. The van der Waals surface area contributed by atoms with Crippen molar-refractivity contribution in [1.82, 2.24) is 0 Å². The number of benzene rings is 1. The predicted molar refractivity (Wildman–Crippen MR) is 92.7 cm³/mol. The van der Waals surface area contributed by atoms with Gasteiger partial charge in [-0.1, -0.05) is 0 Å². The van der Waals surface area contributed by atoms with E-state index in [9.17, 15) is 4.79 Å². The lowest BCUT2D eigenvalue weighted by molar-refractivity contribution is -0.116. The number of ether oxygens (including phenoxy) is 2. The maximum absolute atomic E-state index is 12.2. The van der Waals surface area contributed by atoms with E-state index in [1.165, 1.54) is 5.56 Å². The Hall–Kier alpha value is -2.01. The summed E-state index contributed by atoms with van der Waals surface area (Å²) in [6.45, 7) is 4.54. The molecule has 1 unspecified atom stereocenters. The average Bonchev–Trinajstić information content (AvgIpc) is 3.14. The van der Waals surface area contributed by atoms with Crippen LogP contribution >= 0.6 is 11.3 Å². The zero-order chi connectivity index (χ0) is 16.2. The highest BCUT2D eigenvalue weighted by molar-refractivity contribution is 7.07. The SMILES string of the molecule is CCOc1cc2c(cc1NC(=O)CCc1ccsc1)OC(C)C2. The highest BCUT2D eigenvalue weighted by Gasteiger charge is 2.22. The van der Waals surface area contributed by atoms with Gasteiger partial charge in [-0.3, -0.25) is 4.79 Å². The number of carbonyl (C=O) groups excluding carboxylic acids is 1. The maximum Gasteiger partial charge on any atom is 0.224 e. The Morgan fingerprint density at radius 2 is 2.35 bits per heavy atom. The van der Waals surface area contributed by atoms with E-state index in [1.807, 2.05) is 37.4 Å². The van der Waals surface area contributed by atoms with Gasteiger partial charge in [-0.05, 0) is 48.7 Å². The minimum atomic E-state index is -0.0110. The number of thiophene rings is 1. The van der Waals surface area contributed by atoms with Gasteiger partial charge in [-0.25, -0.2) is 0 Å². The van der Waals surface area contributed by atoms with E-state index in [0.29, 0.717) is 24.5 Å². The molecular weight excluding hydrogens is 310 g/mol. The topological polar surface area (TPSA) is 47.6 Å². The molecule has 2 aromatic rings. The Balaban J connectivity index is 1.70. The van der Waals surface area contributed by atoms with E-state index < -0.39 is 0 Å². The first-order chi connectivity index (χ1) is 11.2. The standard InChI is InChI=1S/C18H21NO3S/c1-3-21-17-9-14-8-12(2)22-16(14)10-15(17)19-18(20)5-4-13-6-7-23-11-13/h6-7,9-12H,3-5,8H2,1-2H3,(H,19,20). The van der Waals surface area contributed by atoms with Crippen LogP contribution in [0.4, 0.5) is 5.69 Å². The summed E-state index contributed by atoms with van der Waals surface area (Å²) in [7, 11) is 0. The van der Waals surface area contributed by atoms with Gasteiger partial charge in [0, 0.05) is 24.5 Å². The lowest BCUT2D eigenvalue weighted by Crippen LogP contribution is -2.13. The van der Waals surface area contributed by atoms with Crippen molar-refractivity contribution < 1.29 is 14.3 Å². The molecule has 0 aliphatic carbocycles. The van der Waals surface area contributed by atoms with Crippen molar-refractivity contribution in [2.75, 3.05) is 11.9 Å². The molecule has 0 spiro atoms. The Bertz CT molecular complexity index is 682. The zero-order valence-electron chi connectivity index (χ0n) is 13.4. The number of amides is 1. The average molecular weight is 331 g/mol. The normalized spacial score (nSPS) is 15.8. The molecular formula is C18H21NO3S. The van der Waals surface area contributed by atoms with Crippen molar-refractivity contribution in [3.8, 4) is 11.5 Å². The molecule has 5 heteroatoms. The second-order valence-electron chi connectivity index (χ2n) is 5.70. The maximum atomic E-state index is 12.2. The van der Waals surface area contributed by atoms with Crippen molar-refractivity contribution in [1.29, 1.82) is 0 Å². The Labute approximate surface area is 140 Å².